The minimum absolute atomic E-state index is 0.0609. The molecule has 168 valence electrons. The van der Waals surface area contributed by atoms with E-state index < -0.39 is 10.0 Å². The zero-order valence-corrected chi connectivity index (χ0v) is 19.2. The molecule has 0 bridgehead atoms. The molecule has 0 radical (unpaired) electrons. The highest BCUT2D eigenvalue weighted by Gasteiger charge is 2.21. The van der Waals surface area contributed by atoms with Gasteiger partial charge in [-0.25, -0.2) is 13.1 Å². The van der Waals surface area contributed by atoms with E-state index in [0.717, 1.165) is 24.8 Å². The highest BCUT2D eigenvalue weighted by molar-refractivity contribution is 7.89. The molecule has 7 heteroatoms. The lowest BCUT2D eigenvalue weighted by Crippen LogP contribution is -2.31. The molecule has 1 amide bonds. The molecular formula is C24H32N2O4S. The van der Waals surface area contributed by atoms with Gasteiger partial charge in [0.2, 0.25) is 15.9 Å². The molecule has 2 unspecified atom stereocenters. The van der Waals surface area contributed by atoms with E-state index in [1.54, 1.807) is 12.1 Å². The standard InChI is InChI=1S/C24H32N2O4S/c1-17(2)15-19-6-8-20(9-7-19)18(3)24(27)26-21-10-12-23(13-11-21)31(28,29)25-16-22-5-4-14-30-22/h6-13,17-18,22,25H,4-5,14-16H2,1-3H3,(H,26,27). The number of sulfonamides is 1. The summed E-state index contributed by atoms with van der Waals surface area (Å²) >= 11 is 0. The Morgan fingerprint density at radius 3 is 2.32 bits per heavy atom. The third-order valence-corrected chi connectivity index (χ3v) is 6.91. The Bertz CT molecular complexity index is 964. The average Bonchev–Trinajstić information content (AvgIpc) is 3.26. The molecule has 0 spiro atoms. The first-order valence-electron chi connectivity index (χ1n) is 10.9. The highest BCUT2D eigenvalue weighted by atomic mass is 32.2. The predicted molar refractivity (Wildman–Crippen MR) is 123 cm³/mol. The van der Waals surface area contributed by atoms with Gasteiger partial charge in [-0.1, -0.05) is 38.1 Å². The van der Waals surface area contributed by atoms with Crippen LogP contribution in [0.25, 0.3) is 0 Å². The van der Waals surface area contributed by atoms with Crippen LogP contribution in [0.3, 0.4) is 0 Å². The van der Waals surface area contributed by atoms with E-state index in [0.29, 0.717) is 18.2 Å². The third-order valence-electron chi connectivity index (χ3n) is 5.47. The summed E-state index contributed by atoms with van der Waals surface area (Å²) in [6.45, 7) is 7.18. The van der Waals surface area contributed by atoms with Crippen LogP contribution in [0.4, 0.5) is 5.69 Å². The van der Waals surface area contributed by atoms with Crippen molar-refractivity contribution in [1.82, 2.24) is 4.72 Å². The van der Waals surface area contributed by atoms with Crippen LogP contribution in [0.5, 0.6) is 0 Å². The first-order chi connectivity index (χ1) is 14.7. The molecule has 6 nitrogen and oxygen atoms in total. The molecule has 1 fully saturated rings. The van der Waals surface area contributed by atoms with Crippen LogP contribution in [0, 0.1) is 5.92 Å². The smallest absolute Gasteiger partial charge is 0.240 e. The van der Waals surface area contributed by atoms with Gasteiger partial charge >= 0.3 is 0 Å². The van der Waals surface area contributed by atoms with E-state index in [1.165, 1.54) is 17.7 Å². The molecule has 1 aliphatic rings. The molecule has 0 saturated carbocycles. The molecule has 31 heavy (non-hydrogen) atoms. The van der Waals surface area contributed by atoms with Crippen LogP contribution >= 0.6 is 0 Å². The van der Waals surface area contributed by atoms with Crippen LogP contribution in [0.15, 0.2) is 53.4 Å². The molecule has 2 atom stereocenters. The van der Waals surface area contributed by atoms with Crippen LogP contribution in [0.1, 0.15) is 50.7 Å². The molecule has 2 N–H and O–H groups in total. The summed E-state index contributed by atoms with van der Waals surface area (Å²) in [5, 5.41) is 2.87. The predicted octanol–water partition coefficient (Wildman–Crippen LogP) is 4.08. The van der Waals surface area contributed by atoms with Crippen LogP contribution < -0.4 is 10.0 Å². The van der Waals surface area contributed by atoms with Gasteiger partial charge in [-0.05, 0) is 67.5 Å². The van der Waals surface area contributed by atoms with E-state index in [4.69, 9.17) is 4.74 Å². The Morgan fingerprint density at radius 1 is 1.06 bits per heavy atom. The third kappa shape index (κ3) is 6.63. The summed E-state index contributed by atoms with van der Waals surface area (Å²) in [5.41, 5.74) is 2.77. The minimum Gasteiger partial charge on any atom is -0.377 e. The molecule has 1 saturated heterocycles. The summed E-state index contributed by atoms with van der Waals surface area (Å²) in [5.74, 6) is 0.137. The Balaban J connectivity index is 1.57. The van der Waals surface area contributed by atoms with Crippen LogP contribution in [0.2, 0.25) is 0 Å². The van der Waals surface area contributed by atoms with Gasteiger partial charge in [-0.3, -0.25) is 4.79 Å². The number of benzene rings is 2. The van der Waals surface area contributed by atoms with Gasteiger partial charge in [0.1, 0.15) is 0 Å². The summed E-state index contributed by atoms with van der Waals surface area (Å²) in [6, 6.07) is 14.4. The van der Waals surface area contributed by atoms with E-state index in [1.807, 2.05) is 19.1 Å². The molecular weight excluding hydrogens is 412 g/mol. The maximum Gasteiger partial charge on any atom is 0.240 e. The maximum atomic E-state index is 12.7. The second kappa shape index (κ2) is 10.4. The first-order valence-corrected chi connectivity index (χ1v) is 12.3. The van der Waals surface area contributed by atoms with Gasteiger partial charge in [-0.15, -0.1) is 0 Å². The number of anilines is 1. The zero-order chi connectivity index (χ0) is 22.4. The van der Waals surface area contributed by atoms with Crippen molar-refractivity contribution in [1.29, 1.82) is 0 Å². The van der Waals surface area contributed by atoms with Crippen molar-refractivity contribution in [3.63, 3.8) is 0 Å². The van der Waals surface area contributed by atoms with Crippen molar-refractivity contribution >= 4 is 21.6 Å². The van der Waals surface area contributed by atoms with E-state index >= 15 is 0 Å². The largest absolute Gasteiger partial charge is 0.377 e. The fourth-order valence-electron chi connectivity index (χ4n) is 3.62. The quantitative estimate of drug-likeness (QED) is 0.610. The van der Waals surface area contributed by atoms with Crippen molar-refractivity contribution in [3.05, 3.63) is 59.7 Å². The summed E-state index contributed by atoms with van der Waals surface area (Å²) in [7, 11) is -3.61. The Kier molecular flexibility index (Phi) is 7.86. The minimum atomic E-state index is -3.61. The SMILES string of the molecule is CC(C)Cc1ccc(C(C)C(=O)Nc2ccc(S(=O)(=O)NCC3CCCO3)cc2)cc1. The molecule has 1 heterocycles. The summed E-state index contributed by atoms with van der Waals surface area (Å²) in [6.07, 6.45) is 2.78. The van der Waals surface area contributed by atoms with Crippen LogP contribution in [-0.2, 0) is 26.0 Å². The normalized spacial score (nSPS) is 17.6. The first kappa shape index (κ1) is 23.4. The van der Waals surface area contributed by atoms with E-state index in [-0.39, 0.29) is 29.4 Å². The highest BCUT2D eigenvalue weighted by Crippen LogP contribution is 2.21. The van der Waals surface area contributed by atoms with Crippen molar-refractivity contribution < 1.29 is 17.9 Å². The zero-order valence-electron chi connectivity index (χ0n) is 18.4. The number of hydrogen-bond donors (Lipinski definition) is 2. The van der Waals surface area contributed by atoms with E-state index in [2.05, 4.69) is 36.0 Å². The van der Waals surface area contributed by atoms with Gasteiger partial charge in [-0.2, -0.15) is 0 Å². The number of ether oxygens (including phenoxy) is 1. The van der Waals surface area contributed by atoms with Crippen molar-refractivity contribution in [2.75, 3.05) is 18.5 Å². The fourth-order valence-corrected chi connectivity index (χ4v) is 4.69. The number of nitrogens with one attached hydrogen (secondary N) is 2. The van der Waals surface area contributed by atoms with Gasteiger partial charge < -0.3 is 10.1 Å². The lowest BCUT2D eigenvalue weighted by molar-refractivity contribution is -0.117. The molecule has 3 rings (SSSR count). The van der Waals surface area contributed by atoms with Gasteiger partial charge in [0.05, 0.1) is 16.9 Å². The topological polar surface area (TPSA) is 84.5 Å². The average molecular weight is 445 g/mol. The Labute approximate surface area is 185 Å². The molecule has 1 aliphatic heterocycles. The second-order valence-electron chi connectivity index (χ2n) is 8.56. The fraction of sp³-hybridized carbons (Fsp3) is 0.458. The number of rotatable bonds is 9. The second-order valence-corrected chi connectivity index (χ2v) is 10.3. The van der Waals surface area contributed by atoms with Crippen molar-refractivity contribution in [2.45, 2.75) is 57.0 Å². The number of carbonyl (C=O) groups excluding carboxylic acids is 1. The van der Waals surface area contributed by atoms with Crippen molar-refractivity contribution in [3.8, 4) is 0 Å². The number of amides is 1. The van der Waals surface area contributed by atoms with Crippen LogP contribution in [-0.4, -0.2) is 33.6 Å². The monoisotopic (exact) mass is 444 g/mol. The Morgan fingerprint density at radius 2 is 1.74 bits per heavy atom. The molecule has 0 aliphatic carbocycles. The number of carbonyl (C=O) groups is 1. The van der Waals surface area contributed by atoms with Crippen molar-refractivity contribution in [2.24, 2.45) is 5.92 Å². The van der Waals surface area contributed by atoms with Gasteiger partial charge in [0.15, 0.2) is 0 Å². The molecule has 0 aromatic heterocycles. The van der Waals surface area contributed by atoms with Gasteiger partial charge in [0, 0.05) is 18.8 Å². The summed E-state index contributed by atoms with van der Waals surface area (Å²) in [4.78, 5) is 12.8. The lowest BCUT2D eigenvalue weighted by atomic mass is 9.96. The Hall–Kier alpha value is -2.22. The van der Waals surface area contributed by atoms with Gasteiger partial charge in [0.25, 0.3) is 0 Å². The molecule has 2 aromatic carbocycles. The number of hydrogen-bond acceptors (Lipinski definition) is 4. The maximum absolute atomic E-state index is 12.7. The van der Waals surface area contributed by atoms with E-state index in [9.17, 15) is 13.2 Å². The summed E-state index contributed by atoms with van der Waals surface area (Å²) < 4.78 is 33.0. The molecule has 2 aromatic rings. The lowest BCUT2D eigenvalue weighted by Gasteiger charge is -2.14.